The zero-order chi connectivity index (χ0) is 10.5. The summed E-state index contributed by atoms with van der Waals surface area (Å²) >= 11 is 0. The van der Waals surface area contributed by atoms with Crippen molar-refractivity contribution in [3.05, 3.63) is 11.1 Å². The van der Waals surface area contributed by atoms with Crippen molar-refractivity contribution in [2.24, 2.45) is 0 Å². The number of hydrogen-bond acceptors (Lipinski definition) is 2. The molecular formula is C8H18O3SSi. The first kappa shape index (κ1) is 12.9. The predicted molar refractivity (Wildman–Crippen MR) is 57.9 cm³/mol. The highest BCUT2D eigenvalue weighted by Gasteiger charge is 2.23. The third kappa shape index (κ3) is 4.59. The van der Waals surface area contributed by atoms with Gasteiger partial charge in [0.2, 0.25) is 0 Å². The first-order chi connectivity index (χ1) is 5.89. The van der Waals surface area contributed by atoms with E-state index in [9.17, 15) is 8.42 Å². The Morgan fingerprint density at radius 3 is 1.77 bits per heavy atom. The smallest absolute Gasteiger partial charge is 0.282 e. The molecular weight excluding hydrogens is 204 g/mol. The molecule has 0 unspecified atom stereocenters. The van der Waals surface area contributed by atoms with Gasteiger partial charge in [-0.05, 0) is 0 Å². The van der Waals surface area contributed by atoms with Crippen molar-refractivity contribution in [2.45, 2.75) is 38.9 Å². The van der Waals surface area contributed by atoms with E-state index in [1.807, 2.05) is 0 Å². The second-order valence-corrected chi connectivity index (χ2v) is 9.72. The van der Waals surface area contributed by atoms with Crippen LogP contribution in [0.5, 0.6) is 0 Å². The molecule has 5 heteroatoms. The normalized spacial score (nSPS) is 13.8. The molecule has 0 aliphatic carbocycles. The van der Waals surface area contributed by atoms with Gasteiger partial charge in [0.1, 0.15) is 0 Å². The fourth-order valence-electron chi connectivity index (χ4n) is 1.33. The van der Waals surface area contributed by atoms with Crippen molar-refractivity contribution >= 4 is 18.2 Å². The maximum absolute atomic E-state index is 10.5. The van der Waals surface area contributed by atoms with Crippen LogP contribution in [0.15, 0.2) is 11.1 Å². The highest BCUT2D eigenvalue weighted by molar-refractivity contribution is 7.88. The third-order valence-corrected chi connectivity index (χ3v) is 8.53. The molecule has 0 aromatic heterocycles. The second-order valence-electron chi connectivity index (χ2n) is 3.24. The van der Waals surface area contributed by atoms with Gasteiger partial charge < -0.3 is 0 Å². The van der Waals surface area contributed by atoms with Gasteiger partial charge in [-0.3, -0.25) is 4.55 Å². The first-order valence-electron chi connectivity index (χ1n) is 4.56. The van der Waals surface area contributed by atoms with E-state index in [-0.39, 0.29) is 0 Å². The molecule has 0 spiro atoms. The molecule has 78 valence electrons. The minimum absolute atomic E-state index is 0.954. The Morgan fingerprint density at radius 2 is 1.54 bits per heavy atom. The van der Waals surface area contributed by atoms with Gasteiger partial charge in [0.25, 0.3) is 10.1 Å². The Morgan fingerprint density at radius 1 is 1.15 bits per heavy atom. The van der Waals surface area contributed by atoms with Crippen LogP contribution in [-0.4, -0.2) is 21.0 Å². The van der Waals surface area contributed by atoms with Crippen molar-refractivity contribution in [2.75, 3.05) is 0 Å². The highest BCUT2D eigenvalue weighted by atomic mass is 32.2. The molecule has 0 heterocycles. The van der Waals surface area contributed by atoms with Gasteiger partial charge in [-0.1, -0.05) is 44.6 Å². The largest absolute Gasteiger partial charge is 0.286 e. The molecule has 0 aliphatic rings. The average Bonchev–Trinajstić information content (AvgIpc) is 2.06. The molecule has 1 N–H and O–H groups in total. The Balaban J connectivity index is 4.70. The maximum atomic E-state index is 10.5. The molecule has 0 amide bonds. The van der Waals surface area contributed by atoms with Gasteiger partial charge in [0.15, 0.2) is 0 Å². The summed E-state index contributed by atoms with van der Waals surface area (Å²) < 4.78 is 29.6. The lowest BCUT2D eigenvalue weighted by Gasteiger charge is -2.22. The predicted octanol–water partition coefficient (Wildman–Crippen LogP) is 2.44. The lowest BCUT2D eigenvalue weighted by molar-refractivity contribution is 0.494. The molecule has 0 radical (unpaired) electrons. The Labute approximate surface area is 81.6 Å². The molecule has 0 saturated carbocycles. The molecule has 3 nitrogen and oxygen atoms in total. The zero-order valence-electron chi connectivity index (χ0n) is 8.45. The summed E-state index contributed by atoms with van der Waals surface area (Å²) in [7, 11) is -5.48. The van der Waals surface area contributed by atoms with Gasteiger partial charge >= 0.3 is 0 Å². The van der Waals surface area contributed by atoms with Crippen LogP contribution in [-0.2, 0) is 10.1 Å². The lowest BCUT2D eigenvalue weighted by atomic mass is 10.9. The van der Waals surface area contributed by atoms with Crippen LogP contribution >= 0.6 is 0 Å². The second kappa shape index (κ2) is 4.93. The SMILES string of the molecule is CC[Si](C=CS(=O)(=O)O)(CC)CC. The summed E-state index contributed by atoms with van der Waals surface area (Å²) in [5.41, 5.74) is 1.74. The van der Waals surface area contributed by atoms with Crippen molar-refractivity contribution in [3.63, 3.8) is 0 Å². The molecule has 0 atom stereocenters. The summed E-state index contributed by atoms with van der Waals surface area (Å²) in [6.45, 7) is 6.23. The van der Waals surface area contributed by atoms with Crippen molar-refractivity contribution in [1.29, 1.82) is 0 Å². The molecule has 0 aromatic rings. The van der Waals surface area contributed by atoms with E-state index >= 15 is 0 Å². The Bertz CT molecular complexity index is 257. The van der Waals surface area contributed by atoms with E-state index in [2.05, 4.69) is 20.8 Å². The Kier molecular flexibility index (Phi) is 4.88. The van der Waals surface area contributed by atoms with Crippen molar-refractivity contribution in [1.82, 2.24) is 0 Å². The van der Waals surface area contributed by atoms with Gasteiger partial charge in [-0.15, -0.1) is 0 Å². The third-order valence-electron chi connectivity index (χ3n) is 2.71. The van der Waals surface area contributed by atoms with Crippen LogP contribution in [0, 0.1) is 0 Å². The van der Waals surface area contributed by atoms with Crippen LogP contribution in [0.25, 0.3) is 0 Å². The molecule has 0 bridgehead atoms. The maximum Gasteiger partial charge on any atom is 0.286 e. The average molecular weight is 222 g/mol. The topological polar surface area (TPSA) is 54.4 Å². The molecule has 0 rings (SSSR count). The monoisotopic (exact) mass is 222 g/mol. The summed E-state index contributed by atoms with van der Waals surface area (Å²) in [6, 6.07) is 3.06. The molecule has 0 aromatic carbocycles. The summed E-state index contributed by atoms with van der Waals surface area (Å²) in [6.07, 6.45) is 0. The van der Waals surface area contributed by atoms with Crippen LogP contribution < -0.4 is 0 Å². The first-order valence-corrected chi connectivity index (χ1v) is 8.76. The van der Waals surface area contributed by atoms with Crippen LogP contribution in [0.2, 0.25) is 18.1 Å². The summed E-state index contributed by atoms with van der Waals surface area (Å²) in [5.74, 6) is 0. The molecule has 0 aliphatic heterocycles. The van der Waals surface area contributed by atoms with E-state index < -0.39 is 18.2 Å². The van der Waals surface area contributed by atoms with E-state index in [1.54, 1.807) is 5.70 Å². The van der Waals surface area contributed by atoms with E-state index in [1.165, 1.54) is 0 Å². The number of rotatable bonds is 5. The summed E-state index contributed by atoms with van der Waals surface area (Å²) in [4.78, 5) is 0. The number of hydrogen-bond donors (Lipinski definition) is 1. The van der Waals surface area contributed by atoms with Crippen LogP contribution in [0.4, 0.5) is 0 Å². The van der Waals surface area contributed by atoms with Crippen molar-refractivity contribution < 1.29 is 13.0 Å². The molecule has 13 heavy (non-hydrogen) atoms. The molecule has 0 fully saturated rings. The van der Waals surface area contributed by atoms with Gasteiger partial charge in [0, 0.05) is 5.41 Å². The van der Waals surface area contributed by atoms with Gasteiger partial charge in [0.05, 0.1) is 8.07 Å². The standard InChI is InChI=1S/C8H18O3SSi/c1-4-13(5-2,6-3)8-7-12(9,10)11/h7-8H,4-6H2,1-3H3,(H,9,10,11). The fourth-order valence-corrected chi connectivity index (χ4v) is 5.38. The van der Waals surface area contributed by atoms with Crippen LogP contribution in [0.1, 0.15) is 20.8 Å². The van der Waals surface area contributed by atoms with Crippen molar-refractivity contribution in [3.8, 4) is 0 Å². The Hall–Kier alpha value is -0.133. The fraction of sp³-hybridized carbons (Fsp3) is 0.750. The summed E-state index contributed by atoms with van der Waals surface area (Å²) in [5, 5.41) is 0.954. The minimum atomic E-state index is -3.93. The highest BCUT2D eigenvalue weighted by Crippen LogP contribution is 2.21. The van der Waals surface area contributed by atoms with Gasteiger partial charge in [-0.2, -0.15) is 8.42 Å². The van der Waals surface area contributed by atoms with E-state index in [0.717, 1.165) is 23.5 Å². The lowest BCUT2D eigenvalue weighted by Crippen LogP contribution is -2.28. The van der Waals surface area contributed by atoms with Crippen LogP contribution in [0.3, 0.4) is 0 Å². The zero-order valence-corrected chi connectivity index (χ0v) is 10.3. The minimum Gasteiger partial charge on any atom is -0.282 e. The quantitative estimate of drug-likeness (QED) is 0.574. The van der Waals surface area contributed by atoms with Gasteiger partial charge in [-0.25, -0.2) is 0 Å². The van der Waals surface area contributed by atoms with E-state index in [4.69, 9.17) is 4.55 Å². The molecule has 0 saturated heterocycles. The van der Waals surface area contributed by atoms with E-state index in [0.29, 0.717) is 0 Å².